The molecule has 2 aliphatic heterocycles. The van der Waals surface area contributed by atoms with Crippen molar-refractivity contribution in [2.24, 2.45) is 0 Å². The predicted octanol–water partition coefficient (Wildman–Crippen LogP) is 5.98. The lowest BCUT2D eigenvalue weighted by molar-refractivity contribution is -0.128. The molecule has 2 aliphatic rings. The van der Waals surface area contributed by atoms with Gasteiger partial charge in [0.25, 0.3) is 35.2 Å². The van der Waals surface area contributed by atoms with Gasteiger partial charge in [-0.05, 0) is 79.7 Å². The van der Waals surface area contributed by atoms with Crippen LogP contribution >= 0.6 is 15.6 Å². The average molecular weight is 1280 g/mol. The number of phosphoric acid groups is 2. The van der Waals surface area contributed by atoms with Gasteiger partial charge in [-0.25, -0.2) is 38.4 Å². The molecular weight excluding hydrogens is 1210 g/mol. The van der Waals surface area contributed by atoms with Crippen LogP contribution in [0.25, 0.3) is 33.4 Å². The van der Waals surface area contributed by atoms with E-state index in [0.29, 0.717) is 28.3 Å². The lowest BCUT2D eigenvalue weighted by atomic mass is 10.1. The van der Waals surface area contributed by atoms with Crippen molar-refractivity contribution in [3.05, 3.63) is 132 Å². The summed E-state index contributed by atoms with van der Waals surface area (Å²) in [7, 11) is -6.32. The van der Waals surface area contributed by atoms with Crippen LogP contribution in [0.15, 0.2) is 98.1 Å². The zero-order valence-electron chi connectivity index (χ0n) is 51.1. The van der Waals surface area contributed by atoms with Gasteiger partial charge in [0.05, 0.1) is 59.7 Å². The number of fused-ring (bicyclic) bond motifs is 2. The number of carbonyl (C=O) groups excluding carboxylic acids is 6. The Bertz CT molecular complexity index is 4080. The molecule has 30 nitrogen and oxygen atoms in total. The summed E-state index contributed by atoms with van der Waals surface area (Å²) < 4.78 is 64.2. The maximum absolute atomic E-state index is 14.1. The number of pyridine rings is 2. The van der Waals surface area contributed by atoms with E-state index in [1.165, 1.54) is 80.0 Å². The molecule has 2 saturated heterocycles. The first-order valence-electron chi connectivity index (χ1n) is 28.2. The summed E-state index contributed by atoms with van der Waals surface area (Å²) in [4.78, 5) is 122. The van der Waals surface area contributed by atoms with Crippen LogP contribution in [-0.4, -0.2) is 191 Å². The molecule has 0 aliphatic carbocycles. The van der Waals surface area contributed by atoms with Crippen LogP contribution in [-0.2, 0) is 50.3 Å². The minimum absolute atomic E-state index is 0.00652. The van der Waals surface area contributed by atoms with Crippen molar-refractivity contribution >= 4 is 72.6 Å². The Hall–Kier alpha value is -8.86. The first kappa shape index (κ1) is 65.6. The highest BCUT2D eigenvalue weighted by Crippen LogP contribution is 2.56. The maximum atomic E-state index is 14.1. The molecule has 0 atom stereocenters. The van der Waals surface area contributed by atoms with Crippen molar-refractivity contribution in [2.45, 2.75) is 80.1 Å². The SMILES string of the molecule is COc1cnc(-n2cnc(C)n2)c2c1c(C(=O)C(=O)N1CCN(C(=O)c3ccccc3)CC1)cn2COP(=O)(O)O.COc1cnc(-n2cnc(C)n2)c2c1c(C(=O)C(=O)N1CCN(C(=O)c3ccccc3)CC1)cn2COP(=O)(OC(C)(C)C)OC(C)(C)C. The van der Waals surface area contributed by atoms with Crippen LogP contribution in [0, 0.1) is 13.8 Å². The molecule has 32 heteroatoms. The summed E-state index contributed by atoms with van der Waals surface area (Å²) in [5.41, 5.74) is -0.292. The minimum Gasteiger partial charge on any atom is -0.494 e. The van der Waals surface area contributed by atoms with Gasteiger partial charge in [0.1, 0.15) is 60.3 Å². The molecule has 2 N–H and O–H groups in total. The lowest BCUT2D eigenvalue weighted by Crippen LogP contribution is -2.52. The number of hydrogen-bond donors (Lipinski definition) is 2. The molecule has 476 valence electrons. The van der Waals surface area contributed by atoms with Gasteiger partial charge in [-0.1, -0.05) is 36.4 Å². The summed E-state index contributed by atoms with van der Waals surface area (Å²) in [6.45, 7) is 14.3. The third kappa shape index (κ3) is 15.1. The largest absolute Gasteiger partial charge is 0.494 e. The van der Waals surface area contributed by atoms with E-state index in [4.69, 9.17) is 27.6 Å². The highest BCUT2D eigenvalue weighted by Gasteiger charge is 2.39. The third-order valence-corrected chi connectivity index (χ3v) is 16.3. The molecule has 90 heavy (non-hydrogen) atoms. The van der Waals surface area contributed by atoms with E-state index in [0.717, 1.165) is 0 Å². The molecule has 0 radical (unpaired) electrons. The Morgan fingerprint density at radius 1 is 0.522 bits per heavy atom. The van der Waals surface area contributed by atoms with Gasteiger partial charge in [0, 0.05) is 75.9 Å². The van der Waals surface area contributed by atoms with Crippen molar-refractivity contribution in [3.8, 4) is 23.1 Å². The number of Topliss-reactive ketones (excluding diaryl/α,β-unsaturated/α-hetero) is 2. The van der Waals surface area contributed by atoms with Gasteiger partial charge < -0.3 is 48.0 Å². The van der Waals surface area contributed by atoms with E-state index in [9.17, 15) is 47.7 Å². The van der Waals surface area contributed by atoms with E-state index in [1.54, 1.807) is 114 Å². The fourth-order valence-corrected chi connectivity index (χ4v) is 12.0. The van der Waals surface area contributed by atoms with E-state index < -0.39 is 63.7 Å². The normalized spacial score (nSPS) is 14.2. The molecule has 10 rings (SSSR count). The van der Waals surface area contributed by atoms with Crippen LogP contribution in [0.5, 0.6) is 11.5 Å². The second-order valence-electron chi connectivity index (χ2n) is 22.7. The van der Waals surface area contributed by atoms with Crippen LogP contribution < -0.4 is 9.47 Å². The maximum Gasteiger partial charge on any atom is 0.477 e. The Morgan fingerprint density at radius 3 is 1.20 bits per heavy atom. The Morgan fingerprint density at radius 2 is 0.878 bits per heavy atom. The summed E-state index contributed by atoms with van der Waals surface area (Å²) in [6.07, 6.45) is 8.29. The van der Waals surface area contributed by atoms with Crippen molar-refractivity contribution in [2.75, 3.05) is 66.6 Å². The summed E-state index contributed by atoms with van der Waals surface area (Å²) in [5.74, 6) is -1.87. The number of aromatic nitrogens is 10. The smallest absolute Gasteiger partial charge is 0.477 e. The molecular formula is C58H68N14O16P2. The van der Waals surface area contributed by atoms with Gasteiger partial charge in [0.15, 0.2) is 11.6 Å². The first-order valence-corrected chi connectivity index (χ1v) is 31.2. The van der Waals surface area contributed by atoms with E-state index in [-0.39, 0.29) is 115 Å². The average Bonchev–Trinajstić information content (AvgIpc) is 1.69. The molecule has 2 fully saturated rings. The van der Waals surface area contributed by atoms with Gasteiger partial charge in [-0.2, -0.15) is 10.2 Å². The van der Waals surface area contributed by atoms with Crippen molar-refractivity contribution < 1.29 is 75.3 Å². The number of benzene rings is 2. The monoisotopic (exact) mass is 1280 g/mol. The minimum atomic E-state index is -4.90. The number of hydrogen-bond acceptors (Lipinski definition) is 20. The molecule has 0 bridgehead atoms. The van der Waals surface area contributed by atoms with Gasteiger partial charge in [-0.3, -0.25) is 46.9 Å². The van der Waals surface area contributed by atoms with Crippen molar-refractivity contribution in [1.29, 1.82) is 0 Å². The molecule has 8 heterocycles. The van der Waals surface area contributed by atoms with Crippen LogP contribution in [0.1, 0.15) is 94.6 Å². The number of ketones is 2. The van der Waals surface area contributed by atoms with Crippen molar-refractivity contribution in [1.82, 2.24) is 68.2 Å². The zero-order chi connectivity index (χ0) is 65.0. The topological polar surface area (TPSA) is 342 Å². The molecule has 2 aromatic carbocycles. The van der Waals surface area contributed by atoms with Gasteiger partial charge in [-0.15, -0.1) is 0 Å². The molecule has 6 aromatic heterocycles. The number of amides is 4. The second kappa shape index (κ2) is 26.7. The van der Waals surface area contributed by atoms with E-state index in [1.807, 2.05) is 12.1 Å². The summed E-state index contributed by atoms with van der Waals surface area (Å²) in [5, 5.41) is 9.08. The second-order valence-corrected chi connectivity index (χ2v) is 25.4. The number of piperazine rings is 2. The van der Waals surface area contributed by atoms with Crippen LogP contribution in [0.2, 0.25) is 0 Å². The van der Waals surface area contributed by atoms with Gasteiger partial charge >= 0.3 is 15.6 Å². The van der Waals surface area contributed by atoms with Crippen LogP contribution in [0.3, 0.4) is 0 Å². The number of rotatable bonds is 18. The number of aryl methyl sites for hydroxylation is 2. The zero-order valence-corrected chi connectivity index (χ0v) is 52.9. The Kier molecular flexibility index (Phi) is 19.4. The third-order valence-electron chi connectivity index (χ3n) is 13.9. The summed E-state index contributed by atoms with van der Waals surface area (Å²) >= 11 is 0. The fourth-order valence-electron chi connectivity index (χ4n) is 9.95. The van der Waals surface area contributed by atoms with Crippen molar-refractivity contribution in [3.63, 3.8) is 0 Å². The van der Waals surface area contributed by atoms with E-state index in [2.05, 4.69) is 30.1 Å². The predicted molar refractivity (Wildman–Crippen MR) is 322 cm³/mol. The first-order chi connectivity index (χ1) is 42.6. The molecule has 0 spiro atoms. The number of methoxy groups -OCH3 is 2. The molecule has 4 amide bonds. The number of carbonyl (C=O) groups is 6. The quantitative estimate of drug-likeness (QED) is 0.0566. The number of nitrogens with zero attached hydrogens (tertiary/aromatic N) is 14. The lowest BCUT2D eigenvalue weighted by Gasteiger charge is -2.34. The molecule has 0 saturated carbocycles. The summed E-state index contributed by atoms with van der Waals surface area (Å²) in [6, 6.07) is 17.7. The number of ether oxygens (including phenoxy) is 2. The Balaban J connectivity index is 0.000000217. The molecule has 0 unspecified atom stereocenters. The van der Waals surface area contributed by atoms with E-state index >= 15 is 0 Å². The van der Waals surface area contributed by atoms with Gasteiger partial charge in [0.2, 0.25) is 0 Å². The fraction of sp³-hybridized carbons (Fsp3) is 0.379. The van der Waals surface area contributed by atoms with Crippen LogP contribution in [0.4, 0.5) is 0 Å². The number of phosphoric ester groups is 2. The highest BCUT2D eigenvalue weighted by atomic mass is 31.2. The molecule has 8 aromatic rings. The standard InChI is InChI=1S/C33H42N7O8P.C25H26N7O8P/c1-22-35-20-40(36-22)29-27-26(25(45-8)18-34-29)24(19-39(27)21-46-49(44,47-32(2,3)4)48-33(5,6)7)28(41)31(43)38-16-14-37(15-17-38)30(42)23-12-10-9-11-13-23;1-16-27-14-32(28-16)23-21-20(19(39-2)12-26-23)18(13-31(21)15-40-41(36,37)38)22(33)25(35)30-10-8-29(9-11-30)24(34)17-6-4-3-5-7-17/h9-13,18-20H,14-17,21H2,1-8H3;3-7,12-14H,8-11,15H2,1-2H3,(H2,36,37,38). The Labute approximate surface area is 516 Å². The highest BCUT2D eigenvalue weighted by molar-refractivity contribution is 7.48.